The number of rotatable bonds is 8. The Morgan fingerprint density at radius 3 is 2.78 bits per heavy atom. The van der Waals surface area contributed by atoms with Crippen LogP contribution in [0.3, 0.4) is 0 Å². The highest BCUT2D eigenvalue weighted by atomic mass is 19.1. The van der Waals surface area contributed by atoms with E-state index in [4.69, 9.17) is 0 Å². The molecule has 2 heterocycles. The number of pyridine rings is 1. The fourth-order valence-electron chi connectivity index (χ4n) is 3.71. The van der Waals surface area contributed by atoms with Gasteiger partial charge in [0.25, 0.3) is 0 Å². The van der Waals surface area contributed by atoms with E-state index in [-0.39, 0.29) is 11.6 Å². The molecule has 1 saturated heterocycles. The Morgan fingerprint density at radius 2 is 2.07 bits per heavy atom. The van der Waals surface area contributed by atoms with Gasteiger partial charge in [0.2, 0.25) is 0 Å². The average molecular weight is 373 g/mol. The van der Waals surface area contributed by atoms with Gasteiger partial charge in [-0.25, -0.2) is 13.8 Å². The molecule has 1 aromatic rings. The minimum absolute atomic E-state index is 0.313. The Balaban J connectivity index is 1.72. The van der Waals surface area contributed by atoms with E-state index in [0.717, 1.165) is 13.1 Å². The smallest absolute Gasteiger partial charge is 0.166 e. The third kappa shape index (κ3) is 4.64. The SMILES string of the molecule is CCCCCC1CN(c2ncc(C3=C(F)C(CNC)=CCC=C3)cc2F)C1. The lowest BCUT2D eigenvalue weighted by atomic mass is 9.93. The van der Waals surface area contributed by atoms with Crippen LogP contribution in [0.5, 0.6) is 0 Å². The van der Waals surface area contributed by atoms with E-state index >= 15 is 0 Å². The number of likely N-dealkylation sites (N-methyl/N-ethyl adjacent to an activating group) is 1. The van der Waals surface area contributed by atoms with Crippen molar-refractivity contribution in [3.63, 3.8) is 0 Å². The number of unbranched alkanes of at least 4 members (excludes halogenated alkanes) is 2. The van der Waals surface area contributed by atoms with Gasteiger partial charge >= 0.3 is 0 Å². The normalized spacial score (nSPS) is 17.8. The summed E-state index contributed by atoms with van der Waals surface area (Å²) in [6.45, 7) is 4.36. The van der Waals surface area contributed by atoms with Crippen molar-refractivity contribution in [3.05, 3.63) is 53.3 Å². The Labute approximate surface area is 160 Å². The van der Waals surface area contributed by atoms with Gasteiger partial charge in [-0.3, -0.25) is 0 Å². The molecule has 1 fully saturated rings. The van der Waals surface area contributed by atoms with Crippen LogP contribution in [-0.4, -0.2) is 31.7 Å². The van der Waals surface area contributed by atoms with Gasteiger partial charge in [-0.05, 0) is 37.4 Å². The summed E-state index contributed by atoms with van der Waals surface area (Å²) in [5.74, 6) is 0.329. The number of hydrogen-bond acceptors (Lipinski definition) is 3. The van der Waals surface area contributed by atoms with Gasteiger partial charge in [0.1, 0.15) is 5.83 Å². The van der Waals surface area contributed by atoms with E-state index in [1.54, 1.807) is 19.3 Å². The van der Waals surface area contributed by atoms with Crippen molar-refractivity contribution in [1.82, 2.24) is 10.3 Å². The van der Waals surface area contributed by atoms with Gasteiger partial charge in [-0.1, -0.05) is 44.4 Å². The molecular formula is C22H29F2N3. The second-order valence-corrected chi connectivity index (χ2v) is 7.42. The van der Waals surface area contributed by atoms with Gasteiger partial charge in [0.15, 0.2) is 11.6 Å². The number of halogens is 2. The first-order valence-corrected chi connectivity index (χ1v) is 9.95. The number of allylic oxidation sites excluding steroid dienone is 4. The monoisotopic (exact) mass is 373 g/mol. The summed E-state index contributed by atoms with van der Waals surface area (Å²) in [6, 6.07) is 1.41. The van der Waals surface area contributed by atoms with Crippen LogP contribution in [0.4, 0.5) is 14.6 Å². The number of aromatic nitrogens is 1. The zero-order valence-electron chi connectivity index (χ0n) is 16.3. The molecule has 0 bridgehead atoms. The number of nitrogens with zero attached hydrogens (tertiary/aromatic N) is 2. The van der Waals surface area contributed by atoms with Gasteiger partial charge in [-0.2, -0.15) is 0 Å². The molecule has 0 spiro atoms. The minimum atomic E-state index is -0.378. The second kappa shape index (κ2) is 9.27. The van der Waals surface area contributed by atoms with Crippen molar-refractivity contribution in [2.45, 2.75) is 39.0 Å². The molecule has 0 radical (unpaired) electrons. The maximum Gasteiger partial charge on any atom is 0.166 e. The first-order chi connectivity index (χ1) is 13.1. The fraction of sp³-hybridized carbons (Fsp3) is 0.500. The molecule has 1 aromatic heterocycles. The molecule has 3 nitrogen and oxygen atoms in total. The van der Waals surface area contributed by atoms with E-state index in [1.165, 1.54) is 31.7 Å². The molecule has 2 aliphatic rings. The molecule has 146 valence electrons. The van der Waals surface area contributed by atoms with Crippen molar-refractivity contribution < 1.29 is 8.78 Å². The van der Waals surface area contributed by atoms with E-state index < -0.39 is 0 Å². The summed E-state index contributed by atoms with van der Waals surface area (Å²) in [6.07, 6.45) is 12.6. The molecule has 0 amide bonds. The van der Waals surface area contributed by atoms with E-state index in [2.05, 4.69) is 17.2 Å². The van der Waals surface area contributed by atoms with Crippen molar-refractivity contribution >= 4 is 11.4 Å². The summed E-state index contributed by atoms with van der Waals surface area (Å²) >= 11 is 0. The third-order valence-corrected chi connectivity index (χ3v) is 5.28. The third-order valence-electron chi connectivity index (χ3n) is 5.28. The molecule has 1 N–H and O–H groups in total. The molecule has 0 atom stereocenters. The van der Waals surface area contributed by atoms with Crippen LogP contribution in [0.2, 0.25) is 0 Å². The topological polar surface area (TPSA) is 28.2 Å². The maximum atomic E-state index is 14.9. The minimum Gasteiger partial charge on any atom is -0.353 e. The van der Waals surface area contributed by atoms with Crippen molar-refractivity contribution in [2.75, 3.05) is 31.6 Å². The highest BCUT2D eigenvalue weighted by Crippen LogP contribution is 2.32. The fourth-order valence-corrected chi connectivity index (χ4v) is 3.71. The quantitative estimate of drug-likeness (QED) is 0.648. The van der Waals surface area contributed by atoms with Gasteiger partial charge in [0, 0.05) is 37.0 Å². The molecule has 1 aliphatic heterocycles. The van der Waals surface area contributed by atoms with Crippen molar-refractivity contribution in [2.24, 2.45) is 5.92 Å². The van der Waals surface area contributed by atoms with Crippen LogP contribution >= 0.6 is 0 Å². The van der Waals surface area contributed by atoms with E-state index in [9.17, 15) is 8.78 Å². The van der Waals surface area contributed by atoms with Crippen LogP contribution in [0.25, 0.3) is 5.57 Å². The predicted octanol–water partition coefficient (Wildman–Crippen LogP) is 5.02. The standard InChI is InChI=1S/C22H29F2N3/c1-3-4-5-8-16-14-27(15-16)22-20(23)11-18(13-26-22)19-10-7-6-9-17(12-25-2)21(19)24/h7,9-11,13,16,25H,3-6,8,12,14-15H2,1-2H3. The molecule has 0 unspecified atom stereocenters. The zero-order chi connectivity index (χ0) is 19.2. The first kappa shape index (κ1) is 19.7. The Kier molecular flexibility index (Phi) is 6.78. The lowest BCUT2D eigenvalue weighted by Crippen LogP contribution is -2.47. The Morgan fingerprint density at radius 1 is 1.26 bits per heavy atom. The van der Waals surface area contributed by atoms with Crippen LogP contribution in [0, 0.1) is 11.7 Å². The summed E-state index contributed by atoms with van der Waals surface area (Å²) in [5, 5.41) is 2.97. The van der Waals surface area contributed by atoms with Gasteiger partial charge in [0.05, 0.1) is 0 Å². The van der Waals surface area contributed by atoms with Crippen molar-refractivity contribution in [3.8, 4) is 0 Å². The Hall–Kier alpha value is -2.01. The molecular weight excluding hydrogens is 344 g/mol. The number of hydrogen-bond donors (Lipinski definition) is 1. The van der Waals surface area contributed by atoms with Gasteiger partial charge in [-0.15, -0.1) is 0 Å². The summed E-state index contributed by atoms with van der Waals surface area (Å²) in [5.41, 5.74) is 1.47. The molecule has 27 heavy (non-hydrogen) atoms. The van der Waals surface area contributed by atoms with Gasteiger partial charge < -0.3 is 10.2 Å². The molecule has 3 rings (SSSR count). The highest BCUT2D eigenvalue weighted by Gasteiger charge is 2.29. The number of nitrogens with one attached hydrogen (secondary N) is 1. The molecule has 0 saturated carbocycles. The number of anilines is 1. The van der Waals surface area contributed by atoms with Crippen LogP contribution in [0.15, 0.2) is 41.9 Å². The van der Waals surface area contributed by atoms with Crippen LogP contribution in [-0.2, 0) is 0 Å². The Bertz CT molecular complexity index is 746. The molecule has 0 aromatic carbocycles. The van der Waals surface area contributed by atoms with Crippen LogP contribution in [0.1, 0.15) is 44.6 Å². The summed E-state index contributed by atoms with van der Waals surface area (Å²) < 4.78 is 29.6. The molecule has 1 aliphatic carbocycles. The predicted molar refractivity (Wildman–Crippen MR) is 108 cm³/mol. The van der Waals surface area contributed by atoms with Crippen LogP contribution < -0.4 is 10.2 Å². The summed E-state index contributed by atoms with van der Waals surface area (Å²) in [7, 11) is 1.78. The van der Waals surface area contributed by atoms with E-state index in [1.807, 2.05) is 17.1 Å². The first-order valence-electron chi connectivity index (χ1n) is 9.95. The lowest BCUT2D eigenvalue weighted by molar-refractivity contribution is 0.363. The zero-order valence-corrected chi connectivity index (χ0v) is 16.3. The molecule has 5 heteroatoms. The lowest BCUT2D eigenvalue weighted by Gasteiger charge is -2.40. The summed E-state index contributed by atoms with van der Waals surface area (Å²) in [4.78, 5) is 6.31. The van der Waals surface area contributed by atoms with Crippen molar-refractivity contribution in [1.29, 1.82) is 0 Å². The second-order valence-electron chi connectivity index (χ2n) is 7.42. The van der Waals surface area contributed by atoms with E-state index in [0.29, 0.717) is 41.4 Å². The largest absolute Gasteiger partial charge is 0.353 e. The highest BCUT2D eigenvalue weighted by molar-refractivity contribution is 5.79. The average Bonchev–Trinajstić information content (AvgIpc) is 2.80. The maximum absolute atomic E-state index is 14.9.